The molecular weight excluding hydrogens is 224 g/mol. The van der Waals surface area contributed by atoms with Crippen LogP contribution in [0.2, 0.25) is 0 Å². The minimum Gasteiger partial charge on any atom is -0.376 e. The van der Waals surface area contributed by atoms with Gasteiger partial charge < -0.3 is 15.0 Å². The van der Waals surface area contributed by atoms with Gasteiger partial charge in [-0.25, -0.2) is 0 Å². The van der Waals surface area contributed by atoms with E-state index < -0.39 is 0 Å². The van der Waals surface area contributed by atoms with E-state index >= 15 is 0 Å². The van der Waals surface area contributed by atoms with Gasteiger partial charge in [-0.05, 0) is 71.0 Å². The monoisotopic (exact) mass is 252 g/mol. The number of nitrogens with one attached hydrogen (secondary N) is 1. The molecule has 2 saturated heterocycles. The van der Waals surface area contributed by atoms with E-state index in [1.807, 2.05) is 0 Å². The minimum atomic E-state index is 0.527. The average Bonchev–Trinajstić information content (AvgIpc) is 3.11. The number of ether oxygens (including phenoxy) is 1. The van der Waals surface area contributed by atoms with Crippen LogP contribution in [0.4, 0.5) is 0 Å². The first kappa shape index (κ1) is 12.9. The van der Waals surface area contributed by atoms with Crippen molar-refractivity contribution in [2.45, 2.75) is 57.2 Å². The lowest BCUT2D eigenvalue weighted by atomic mass is 9.89. The summed E-state index contributed by atoms with van der Waals surface area (Å²) < 4.78 is 5.92. The van der Waals surface area contributed by atoms with E-state index in [0.717, 1.165) is 18.4 Å². The van der Waals surface area contributed by atoms with Gasteiger partial charge in [0.2, 0.25) is 0 Å². The van der Waals surface area contributed by atoms with Crippen LogP contribution in [0.1, 0.15) is 39.0 Å². The van der Waals surface area contributed by atoms with Crippen molar-refractivity contribution in [3.63, 3.8) is 0 Å². The second-order valence-corrected chi connectivity index (χ2v) is 6.66. The molecule has 1 saturated carbocycles. The molecule has 0 aromatic heterocycles. The molecule has 0 amide bonds. The van der Waals surface area contributed by atoms with Crippen molar-refractivity contribution >= 4 is 0 Å². The summed E-state index contributed by atoms with van der Waals surface area (Å²) in [5.74, 6) is 1.73. The summed E-state index contributed by atoms with van der Waals surface area (Å²) in [5, 5.41) is 3.89. The number of hydrogen-bond acceptors (Lipinski definition) is 3. The van der Waals surface area contributed by atoms with Gasteiger partial charge in [-0.1, -0.05) is 0 Å². The van der Waals surface area contributed by atoms with Gasteiger partial charge in [0, 0.05) is 18.7 Å². The smallest absolute Gasteiger partial charge is 0.0757 e. The fraction of sp³-hybridized carbons (Fsp3) is 1.00. The normalized spacial score (nSPS) is 37.0. The van der Waals surface area contributed by atoms with Gasteiger partial charge in [0.05, 0.1) is 6.10 Å². The molecular formula is C15H28N2O. The maximum atomic E-state index is 5.92. The number of piperidine rings is 1. The van der Waals surface area contributed by atoms with Gasteiger partial charge in [-0.15, -0.1) is 0 Å². The summed E-state index contributed by atoms with van der Waals surface area (Å²) in [5.41, 5.74) is 0. The van der Waals surface area contributed by atoms with Crippen LogP contribution in [0.25, 0.3) is 0 Å². The van der Waals surface area contributed by atoms with Gasteiger partial charge >= 0.3 is 0 Å². The Hall–Kier alpha value is -0.120. The highest BCUT2D eigenvalue weighted by molar-refractivity contribution is 4.95. The lowest BCUT2D eigenvalue weighted by Gasteiger charge is -2.35. The molecule has 2 aliphatic heterocycles. The van der Waals surface area contributed by atoms with Gasteiger partial charge in [0.25, 0.3) is 0 Å². The van der Waals surface area contributed by atoms with Crippen LogP contribution >= 0.6 is 0 Å². The van der Waals surface area contributed by atoms with E-state index in [1.54, 1.807) is 0 Å². The van der Waals surface area contributed by atoms with Crippen LogP contribution in [0.3, 0.4) is 0 Å². The maximum absolute atomic E-state index is 5.92. The third-order valence-electron chi connectivity index (χ3n) is 5.17. The molecule has 3 rings (SSSR count). The van der Waals surface area contributed by atoms with Crippen molar-refractivity contribution in [2.75, 3.05) is 26.7 Å². The molecule has 1 N–H and O–H groups in total. The number of nitrogens with zero attached hydrogens (tertiary/aromatic N) is 1. The van der Waals surface area contributed by atoms with Gasteiger partial charge in [-0.2, -0.15) is 0 Å². The van der Waals surface area contributed by atoms with Gasteiger partial charge in [-0.3, -0.25) is 0 Å². The van der Waals surface area contributed by atoms with Crippen LogP contribution in [-0.2, 0) is 4.74 Å². The van der Waals surface area contributed by atoms with Gasteiger partial charge in [0.1, 0.15) is 0 Å². The van der Waals surface area contributed by atoms with Crippen molar-refractivity contribution < 1.29 is 4.74 Å². The average molecular weight is 252 g/mol. The van der Waals surface area contributed by atoms with Crippen LogP contribution in [-0.4, -0.2) is 49.8 Å². The third-order valence-corrected chi connectivity index (χ3v) is 5.17. The van der Waals surface area contributed by atoms with Gasteiger partial charge in [0.15, 0.2) is 0 Å². The van der Waals surface area contributed by atoms with Crippen molar-refractivity contribution in [1.82, 2.24) is 10.2 Å². The van der Waals surface area contributed by atoms with Crippen molar-refractivity contribution in [3.05, 3.63) is 0 Å². The highest BCUT2D eigenvalue weighted by atomic mass is 16.5. The fourth-order valence-corrected chi connectivity index (χ4v) is 3.68. The number of likely N-dealkylation sites (tertiary alicyclic amines) is 1. The summed E-state index contributed by atoms with van der Waals surface area (Å²) in [4.78, 5) is 2.45. The predicted octanol–water partition coefficient (Wildman–Crippen LogP) is 1.87. The van der Waals surface area contributed by atoms with Crippen molar-refractivity contribution in [1.29, 1.82) is 0 Å². The molecule has 0 bridgehead atoms. The van der Waals surface area contributed by atoms with Crippen LogP contribution in [0.15, 0.2) is 0 Å². The van der Waals surface area contributed by atoms with E-state index in [9.17, 15) is 0 Å². The zero-order valence-corrected chi connectivity index (χ0v) is 11.9. The van der Waals surface area contributed by atoms with E-state index in [0.29, 0.717) is 18.2 Å². The Balaban J connectivity index is 1.49. The van der Waals surface area contributed by atoms with Crippen molar-refractivity contribution in [3.8, 4) is 0 Å². The van der Waals surface area contributed by atoms with E-state index in [4.69, 9.17) is 4.74 Å². The topological polar surface area (TPSA) is 24.5 Å². The second-order valence-electron chi connectivity index (χ2n) is 6.66. The Kier molecular flexibility index (Phi) is 3.92. The number of hydrogen-bond donors (Lipinski definition) is 1. The molecule has 3 atom stereocenters. The molecule has 3 nitrogen and oxygen atoms in total. The minimum absolute atomic E-state index is 0.527. The lowest BCUT2D eigenvalue weighted by Crippen LogP contribution is -2.47. The standard InChI is InChI=1S/C15H28N2O/c1-11(12-5-8-17(2)9-6-12)16-14-7-10-18-15(14)13-3-4-13/h11-16H,3-10H2,1-2H3. The molecule has 0 radical (unpaired) electrons. The molecule has 3 aliphatic rings. The fourth-order valence-electron chi connectivity index (χ4n) is 3.68. The van der Waals surface area contributed by atoms with Crippen LogP contribution < -0.4 is 5.32 Å². The Morgan fingerprint density at radius 3 is 2.50 bits per heavy atom. The Morgan fingerprint density at radius 1 is 1.11 bits per heavy atom. The molecule has 3 unspecified atom stereocenters. The highest BCUT2D eigenvalue weighted by Gasteiger charge is 2.41. The van der Waals surface area contributed by atoms with Crippen LogP contribution in [0.5, 0.6) is 0 Å². The zero-order chi connectivity index (χ0) is 12.5. The SMILES string of the molecule is CC(NC1CCOC1C1CC1)C1CCN(C)CC1. The molecule has 104 valence electrons. The van der Waals surface area contributed by atoms with Crippen molar-refractivity contribution in [2.24, 2.45) is 11.8 Å². The second kappa shape index (κ2) is 5.48. The first-order valence-electron chi connectivity index (χ1n) is 7.80. The Morgan fingerprint density at radius 2 is 1.83 bits per heavy atom. The highest BCUT2D eigenvalue weighted by Crippen LogP contribution is 2.39. The molecule has 0 aromatic carbocycles. The molecule has 1 aliphatic carbocycles. The number of rotatable bonds is 4. The van der Waals surface area contributed by atoms with E-state index in [1.165, 1.54) is 45.2 Å². The first-order chi connectivity index (χ1) is 8.74. The summed E-state index contributed by atoms with van der Waals surface area (Å²) in [6.45, 7) is 5.89. The summed E-state index contributed by atoms with van der Waals surface area (Å²) in [6, 6.07) is 1.29. The molecule has 0 aromatic rings. The Labute approximate surface area is 111 Å². The summed E-state index contributed by atoms with van der Waals surface area (Å²) in [6.07, 6.45) is 7.24. The lowest BCUT2D eigenvalue weighted by molar-refractivity contribution is 0.0753. The molecule has 3 heteroatoms. The summed E-state index contributed by atoms with van der Waals surface area (Å²) in [7, 11) is 2.24. The van der Waals surface area contributed by atoms with E-state index in [-0.39, 0.29) is 0 Å². The molecule has 0 spiro atoms. The maximum Gasteiger partial charge on any atom is 0.0757 e. The molecule has 2 heterocycles. The largest absolute Gasteiger partial charge is 0.376 e. The predicted molar refractivity (Wildman–Crippen MR) is 73.7 cm³/mol. The van der Waals surface area contributed by atoms with Crippen LogP contribution in [0, 0.1) is 11.8 Å². The van der Waals surface area contributed by atoms with E-state index in [2.05, 4.69) is 24.2 Å². The quantitative estimate of drug-likeness (QED) is 0.827. The Bertz CT molecular complexity index is 272. The zero-order valence-electron chi connectivity index (χ0n) is 11.9. The molecule has 18 heavy (non-hydrogen) atoms. The molecule has 3 fully saturated rings. The third kappa shape index (κ3) is 2.89. The first-order valence-corrected chi connectivity index (χ1v) is 7.80. The summed E-state index contributed by atoms with van der Waals surface area (Å²) >= 11 is 0.